The first kappa shape index (κ1) is 12.8. The van der Waals surface area contributed by atoms with Gasteiger partial charge in [0.1, 0.15) is 0 Å². The molecule has 1 aliphatic carbocycles. The number of hydrogen-bond acceptors (Lipinski definition) is 3. The highest BCUT2D eigenvalue weighted by Gasteiger charge is 2.20. The van der Waals surface area contributed by atoms with Gasteiger partial charge in [-0.05, 0) is 24.8 Å². The number of anilines is 1. The monoisotopic (exact) mass is 252 g/mol. The van der Waals surface area contributed by atoms with E-state index in [0.29, 0.717) is 11.6 Å². The Labute approximate surface area is 105 Å². The molecule has 1 aliphatic rings. The highest BCUT2D eigenvalue weighted by atomic mass is 19.1. The maximum atomic E-state index is 13.7. The molecular formula is C13H17FN2O2. The number of rotatable bonds is 3. The van der Waals surface area contributed by atoms with Gasteiger partial charge in [0.05, 0.1) is 16.7 Å². The molecule has 2 atom stereocenters. The summed E-state index contributed by atoms with van der Waals surface area (Å²) in [7, 11) is 0. The zero-order valence-corrected chi connectivity index (χ0v) is 10.4. The van der Waals surface area contributed by atoms with Crippen molar-refractivity contribution < 1.29 is 9.31 Å². The third-order valence-electron chi connectivity index (χ3n) is 3.46. The summed E-state index contributed by atoms with van der Waals surface area (Å²) in [5, 5.41) is 13.7. The Bertz CT molecular complexity index is 451. The van der Waals surface area contributed by atoms with Gasteiger partial charge >= 0.3 is 0 Å². The zero-order chi connectivity index (χ0) is 13.1. The van der Waals surface area contributed by atoms with Crippen molar-refractivity contribution in [2.75, 3.05) is 5.32 Å². The molecule has 1 aromatic rings. The minimum absolute atomic E-state index is 0.213. The fourth-order valence-corrected chi connectivity index (χ4v) is 2.52. The predicted octanol–water partition coefficient (Wildman–Crippen LogP) is 3.72. The van der Waals surface area contributed by atoms with Crippen LogP contribution in [-0.2, 0) is 0 Å². The molecule has 1 saturated carbocycles. The van der Waals surface area contributed by atoms with Crippen LogP contribution in [0.3, 0.4) is 0 Å². The number of hydrogen-bond donors (Lipinski definition) is 1. The van der Waals surface area contributed by atoms with E-state index in [1.807, 2.05) is 0 Å². The van der Waals surface area contributed by atoms with Crippen LogP contribution in [0.25, 0.3) is 0 Å². The number of non-ortho nitro benzene ring substituents is 1. The van der Waals surface area contributed by atoms with E-state index in [2.05, 4.69) is 12.2 Å². The van der Waals surface area contributed by atoms with Crippen molar-refractivity contribution in [2.45, 2.75) is 38.6 Å². The fourth-order valence-electron chi connectivity index (χ4n) is 2.52. The molecule has 18 heavy (non-hydrogen) atoms. The lowest BCUT2D eigenvalue weighted by molar-refractivity contribution is -0.385. The molecule has 2 unspecified atom stereocenters. The molecule has 0 radical (unpaired) electrons. The van der Waals surface area contributed by atoms with E-state index in [4.69, 9.17) is 0 Å². The van der Waals surface area contributed by atoms with Crippen LogP contribution in [0.2, 0.25) is 0 Å². The van der Waals surface area contributed by atoms with Gasteiger partial charge in [-0.25, -0.2) is 4.39 Å². The number of nitrogens with zero attached hydrogens (tertiary/aromatic N) is 1. The Morgan fingerprint density at radius 2 is 2.22 bits per heavy atom. The molecule has 98 valence electrons. The molecule has 0 aliphatic heterocycles. The Kier molecular flexibility index (Phi) is 3.79. The lowest BCUT2D eigenvalue weighted by Crippen LogP contribution is -2.26. The van der Waals surface area contributed by atoms with Crippen LogP contribution in [0.1, 0.15) is 32.6 Å². The van der Waals surface area contributed by atoms with Gasteiger partial charge in [0.2, 0.25) is 0 Å². The molecule has 1 fully saturated rings. The molecule has 0 spiro atoms. The number of halogens is 1. The fraction of sp³-hybridized carbons (Fsp3) is 0.538. The van der Waals surface area contributed by atoms with Crippen LogP contribution >= 0.6 is 0 Å². The Morgan fingerprint density at radius 3 is 2.83 bits per heavy atom. The Morgan fingerprint density at radius 1 is 1.44 bits per heavy atom. The largest absolute Gasteiger partial charge is 0.380 e. The first-order valence-electron chi connectivity index (χ1n) is 6.26. The van der Waals surface area contributed by atoms with E-state index in [0.717, 1.165) is 25.3 Å². The summed E-state index contributed by atoms with van der Waals surface area (Å²) in [5.41, 5.74) is 0.148. The van der Waals surface area contributed by atoms with Gasteiger partial charge in [-0.15, -0.1) is 0 Å². The Hall–Kier alpha value is -1.65. The van der Waals surface area contributed by atoms with E-state index in [9.17, 15) is 14.5 Å². The summed E-state index contributed by atoms with van der Waals surface area (Å²) in [6, 6.07) is 4.02. The SMILES string of the molecule is CC1CCCC(Nc2ccc([N+](=O)[O-])cc2F)C1. The highest BCUT2D eigenvalue weighted by Crippen LogP contribution is 2.28. The highest BCUT2D eigenvalue weighted by molar-refractivity contribution is 5.50. The maximum absolute atomic E-state index is 13.7. The number of nitrogens with one attached hydrogen (secondary N) is 1. The predicted molar refractivity (Wildman–Crippen MR) is 68.1 cm³/mol. The normalized spacial score (nSPS) is 23.7. The van der Waals surface area contributed by atoms with Gasteiger partial charge in [0.15, 0.2) is 5.82 Å². The van der Waals surface area contributed by atoms with Gasteiger partial charge in [-0.1, -0.05) is 19.8 Å². The smallest absolute Gasteiger partial charge is 0.272 e. The van der Waals surface area contributed by atoms with Gasteiger partial charge in [0.25, 0.3) is 5.69 Å². The van der Waals surface area contributed by atoms with Crippen molar-refractivity contribution in [3.63, 3.8) is 0 Å². The number of benzene rings is 1. The lowest BCUT2D eigenvalue weighted by Gasteiger charge is -2.28. The minimum atomic E-state index is -0.588. The molecule has 4 nitrogen and oxygen atoms in total. The lowest BCUT2D eigenvalue weighted by atomic mass is 9.87. The first-order chi connectivity index (χ1) is 8.56. The van der Waals surface area contributed by atoms with E-state index in [-0.39, 0.29) is 11.7 Å². The second-order valence-electron chi connectivity index (χ2n) is 5.03. The van der Waals surface area contributed by atoms with Gasteiger partial charge < -0.3 is 5.32 Å². The molecule has 1 aromatic carbocycles. The van der Waals surface area contributed by atoms with E-state index in [1.54, 1.807) is 0 Å². The van der Waals surface area contributed by atoms with Crippen LogP contribution in [-0.4, -0.2) is 11.0 Å². The molecule has 5 heteroatoms. The van der Waals surface area contributed by atoms with Crippen molar-refractivity contribution in [3.8, 4) is 0 Å². The molecule has 0 amide bonds. The Balaban J connectivity index is 2.07. The summed E-state index contributed by atoms with van der Waals surface area (Å²) in [5.74, 6) is 0.0970. The molecule has 0 heterocycles. The van der Waals surface area contributed by atoms with Gasteiger partial charge in [-0.2, -0.15) is 0 Å². The van der Waals surface area contributed by atoms with E-state index >= 15 is 0 Å². The number of nitro benzene ring substituents is 1. The second kappa shape index (κ2) is 5.33. The topological polar surface area (TPSA) is 55.2 Å². The molecular weight excluding hydrogens is 235 g/mol. The quantitative estimate of drug-likeness (QED) is 0.658. The van der Waals surface area contributed by atoms with Crippen molar-refractivity contribution in [1.82, 2.24) is 0 Å². The van der Waals surface area contributed by atoms with E-state index in [1.165, 1.54) is 18.6 Å². The minimum Gasteiger partial charge on any atom is -0.380 e. The third-order valence-corrected chi connectivity index (χ3v) is 3.46. The van der Waals surface area contributed by atoms with Gasteiger partial charge in [-0.3, -0.25) is 10.1 Å². The summed E-state index contributed by atoms with van der Waals surface area (Å²) in [6.07, 6.45) is 4.42. The molecule has 2 rings (SSSR count). The zero-order valence-electron chi connectivity index (χ0n) is 10.4. The molecule has 0 aromatic heterocycles. The van der Waals surface area contributed by atoms with Gasteiger partial charge in [0, 0.05) is 12.1 Å². The van der Waals surface area contributed by atoms with Crippen LogP contribution < -0.4 is 5.32 Å². The molecule has 0 saturated heterocycles. The summed E-state index contributed by atoms with van der Waals surface area (Å²) in [6.45, 7) is 2.19. The van der Waals surface area contributed by atoms with Crippen LogP contribution in [0.4, 0.5) is 15.8 Å². The van der Waals surface area contributed by atoms with Crippen molar-refractivity contribution in [1.29, 1.82) is 0 Å². The van der Waals surface area contributed by atoms with Crippen LogP contribution in [0.15, 0.2) is 18.2 Å². The average Bonchev–Trinajstić information content (AvgIpc) is 2.31. The van der Waals surface area contributed by atoms with Crippen LogP contribution in [0.5, 0.6) is 0 Å². The number of nitro groups is 1. The molecule has 0 bridgehead atoms. The first-order valence-corrected chi connectivity index (χ1v) is 6.26. The van der Waals surface area contributed by atoms with Crippen molar-refractivity contribution in [2.24, 2.45) is 5.92 Å². The van der Waals surface area contributed by atoms with Crippen molar-refractivity contribution >= 4 is 11.4 Å². The summed E-state index contributed by atoms with van der Waals surface area (Å²) >= 11 is 0. The standard InChI is InChI=1S/C13H17FN2O2/c1-9-3-2-4-10(7-9)15-13-6-5-11(16(17)18)8-12(13)14/h5-6,8-10,15H,2-4,7H2,1H3. The second-order valence-corrected chi connectivity index (χ2v) is 5.03. The summed E-state index contributed by atoms with van der Waals surface area (Å²) < 4.78 is 13.7. The summed E-state index contributed by atoms with van der Waals surface area (Å²) in [4.78, 5) is 9.93. The third kappa shape index (κ3) is 2.97. The van der Waals surface area contributed by atoms with E-state index < -0.39 is 10.7 Å². The average molecular weight is 252 g/mol. The van der Waals surface area contributed by atoms with Crippen LogP contribution in [0, 0.1) is 21.8 Å². The molecule has 1 N–H and O–H groups in total. The maximum Gasteiger partial charge on any atom is 0.272 e. The van der Waals surface area contributed by atoms with Crippen molar-refractivity contribution in [3.05, 3.63) is 34.1 Å².